The van der Waals surface area contributed by atoms with Crippen molar-refractivity contribution in [3.63, 3.8) is 0 Å². The highest BCUT2D eigenvalue weighted by atomic mass is 35.5. The van der Waals surface area contributed by atoms with Gasteiger partial charge < -0.3 is 15.2 Å². The molecular weight excluding hydrogens is 493 g/mol. The molecular formula is C21H18Cl3N5O2S. The molecule has 2 aromatic carbocycles. The van der Waals surface area contributed by atoms with Crippen LogP contribution in [0, 0.1) is 0 Å². The van der Waals surface area contributed by atoms with Gasteiger partial charge in [-0.3, -0.25) is 9.59 Å². The monoisotopic (exact) mass is 509 g/mol. The van der Waals surface area contributed by atoms with E-state index in [4.69, 9.17) is 34.8 Å². The van der Waals surface area contributed by atoms with Crippen LogP contribution in [0.4, 0.5) is 5.69 Å². The summed E-state index contributed by atoms with van der Waals surface area (Å²) in [6, 6.07) is 11.4. The Kier molecular flexibility index (Phi) is 8.58. The maximum atomic E-state index is 12.3. The van der Waals surface area contributed by atoms with E-state index >= 15 is 0 Å². The summed E-state index contributed by atoms with van der Waals surface area (Å²) in [6.07, 6.45) is 1.69. The molecule has 0 aliphatic rings. The van der Waals surface area contributed by atoms with Crippen molar-refractivity contribution >= 4 is 64.1 Å². The molecule has 3 aromatic rings. The summed E-state index contributed by atoms with van der Waals surface area (Å²) in [7, 11) is 0. The lowest BCUT2D eigenvalue weighted by Crippen LogP contribution is -2.24. The molecule has 166 valence electrons. The molecule has 0 saturated carbocycles. The fraction of sp³-hybridized carbons (Fsp3) is 0.143. The normalized spacial score (nSPS) is 10.6. The summed E-state index contributed by atoms with van der Waals surface area (Å²) in [5.41, 5.74) is 0.989. The van der Waals surface area contributed by atoms with Gasteiger partial charge in [-0.05, 0) is 42.5 Å². The van der Waals surface area contributed by atoms with Gasteiger partial charge in [0.25, 0.3) is 5.91 Å². The largest absolute Gasteiger partial charge is 0.345 e. The van der Waals surface area contributed by atoms with E-state index in [1.807, 2.05) is 0 Å². The Labute approximate surface area is 204 Å². The number of rotatable bonds is 9. The first-order valence-corrected chi connectivity index (χ1v) is 11.4. The summed E-state index contributed by atoms with van der Waals surface area (Å²) in [5, 5.41) is 15.8. The highest BCUT2D eigenvalue weighted by Crippen LogP contribution is 2.23. The fourth-order valence-corrected chi connectivity index (χ4v) is 4.10. The Morgan fingerprint density at radius 1 is 1.03 bits per heavy atom. The van der Waals surface area contributed by atoms with Crippen LogP contribution in [0.15, 0.2) is 60.3 Å². The molecule has 3 rings (SSSR count). The van der Waals surface area contributed by atoms with Gasteiger partial charge in [-0.25, -0.2) is 0 Å². The minimum Gasteiger partial charge on any atom is -0.345 e. The van der Waals surface area contributed by atoms with Crippen molar-refractivity contribution in [2.45, 2.75) is 18.2 Å². The van der Waals surface area contributed by atoms with E-state index in [1.165, 1.54) is 11.8 Å². The number of nitrogens with zero attached hydrogens (tertiary/aromatic N) is 3. The first-order valence-electron chi connectivity index (χ1n) is 9.31. The van der Waals surface area contributed by atoms with E-state index in [0.29, 0.717) is 43.8 Å². The van der Waals surface area contributed by atoms with Gasteiger partial charge >= 0.3 is 0 Å². The Morgan fingerprint density at radius 3 is 2.38 bits per heavy atom. The minimum atomic E-state index is -0.261. The molecule has 0 aliphatic carbocycles. The average molecular weight is 511 g/mol. The van der Waals surface area contributed by atoms with Crippen LogP contribution < -0.4 is 10.6 Å². The zero-order chi connectivity index (χ0) is 23.1. The molecule has 0 aliphatic heterocycles. The van der Waals surface area contributed by atoms with Crippen LogP contribution in [0.25, 0.3) is 0 Å². The van der Waals surface area contributed by atoms with Crippen molar-refractivity contribution in [2.24, 2.45) is 0 Å². The third-order valence-corrected chi connectivity index (χ3v) is 5.75. The van der Waals surface area contributed by atoms with Crippen molar-refractivity contribution in [1.29, 1.82) is 0 Å². The first-order chi connectivity index (χ1) is 15.4. The smallest absolute Gasteiger partial charge is 0.251 e. The van der Waals surface area contributed by atoms with Gasteiger partial charge in [0.05, 0.1) is 12.3 Å². The average Bonchev–Trinajstić information content (AvgIpc) is 3.12. The predicted octanol–water partition coefficient (Wildman–Crippen LogP) is 5.09. The summed E-state index contributed by atoms with van der Waals surface area (Å²) in [6.45, 7) is 4.33. The second kappa shape index (κ2) is 11.4. The molecule has 11 heteroatoms. The van der Waals surface area contributed by atoms with E-state index in [1.54, 1.807) is 53.1 Å². The zero-order valence-corrected chi connectivity index (χ0v) is 19.7. The molecule has 0 radical (unpaired) electrons. The second-order valence-corrected chi connectivity index (χ2v) is 8.73. The number of hydrogen-bond acceptors (Lipinski definition) is 5. The number of amides is 2. The number of hydrogen-bond donors (Lipinski definition) is 2. The maximum Gasteiger partial charge on any atom is 0.251 e. The van der Waals surface area contributed by atoms with Gasteiger partial charge in [-0.15, -0.1) is 16.8 Å². The van der Waals surface area contributed by atoms with Crippen LogP contribution in [-0.2, 0) is 17.9 Å². The standard InChI is InChI=1S/C21H18Cl3N5O2S/c1-2-7-29-18(11-25-20(31)13-3-5-14(22)6-4-13)27-28-21(29)32-12-19(30)26-17-9-15(23)8-16(24)10-17/h2-6,8-10H,1,7,11-12H2,(H,25,31)(H,26,30). The van der Waals surface area contributed by atoms with Gasteiger partial charge in [0.15, 0.2) is 11.0 Å². The Bertz CT molecular complexity index is 1110. The van der Waals surface area contributed by atoms with Crippen LogP contribution >= 0.6 is 46.6 Å². The lowest BCUT2D eigenvalue weighted by molar-refractivity contribution is -0.113. The summed E-state index contributed by atoms with van der Waals surface area (Å²) < 4.78 is 1.78. The Balaban J connectivity index is 1.61. The Hall–Kier alpha value is -2.52. The number of carbonyl (C=O) groups is 2. The number of carbonyl (C=O) groups excluding carboxylic acids is 2. The van der Waals surface area contributed by atoms with Crippen molar-refractivity contribution < 1.29 is 9.59 Å². The highest BCUT2D eigenvalue weighted by Gasteiger charge is 2.15. The van der Waals surface area contributed by atoms with E-state index in [9.17, 15) is 9.59 Å². The number of anilines is 1. The summed E-state index contributed by atoms with van der Waals surface area (Å²) >= 11 is 19.0. The zero-order valence-electron chi connectivity index (χ0n) is 16.6. The predicted molar refractivity (Wildman–Crippen MR) is 129 cm³/mol. The molecule has 2 amide bonds. The molecule has 0 saturated heterocycles. The highest BCUT2D eigenvalue weighted by molar-refractivity contribution is 7.99. The van der Waals surface area contributed by atoms with Crippen LogP contribution in [-0.4, -0.2) is 32.3 Å². The molecule has 1 aromatic heterocycles. The van der Waals surface area contributed by atoms with Gasteiger partial charge in [-0.1, -0.05) is 52.6 Å². The van der Waals surface area contributed by atoms with Gasteiger partial charge in [0, 0.05) is 32.9 Å². The van der Waals surface area contributed by atoms with E-state index in [2.05, 4.69) is 27.4 Å². The fourth-order valence-electron chi connectivity index (χ4n) is 2.68. The van der Waals surface area contributed by atoms with E-state index < -0.39 is 0 Å². The molecule has 7 nitrogen and oxygen atoms in total. The van der Waals surface area contributed by atoms with Gasteiger partial charge in [-0.2, -0.15) is 0 Å². The Morgan fingerprint density at radius 2 is 1.72 bits per heavy atom. The molecule has 0 bridgehead atoms. The van der Waals surface area contributed by atoms with Crippen LogP contribution in [0.1, 0.15) is 16.2 Å². The number of halogens is 3. The molecule has 2 N–H and O–H groups in total. The molecule has 32 heavy (non-hydrogen) atoms. The molecule has 0 unspecified atom stereocenters. The molecule has 0 fully saturated rings. The maximum absolute atomic E-state index is 12.3. The van der Waals surface area contributed by atoms with Gasteiger partial charge in [0.1, 0.15) is 0 Å². The SMILES string of the molecule is C=CCn1c(CNC(=O)c2ccc(Cl)cc2)nnc1SCC(=O)Nc1cc(Cl)cc(Cl)c1. The number of allylic oxidation sites excluding steroid dienone is 1. The lowest BCUT2D eigenvalue weighted by atomic mass is 10.2. The molecule has 1 heterocycles. The third kappa shape index (κ3) is 6.74. The molecule has 0 spiro atoms. The van der Waals surface area contributed by atoms with Crippen LogP contribution in [0.5, 0.6) is 0 Å². The van der Waals surface area contributed by atoms with Crippen LogP contribution in [0.2, 0.25) is 15.1 Å². The van der Waals surface area contributed by atoms with E-state index in [-0.39, 0.29) is 24.1 Å². The summed E-state index contributed by atoms with van der Waals surface area (Å²) in [4.78, 5) is 24.7. The number of benzene rings is 2. The summed E-state index contributed by atoms with van der Waals surface area (Å²) in [5.74, 6) is 0.121. The van der Waals surface area contributed by atoms with Crippen molar-refractivity contribution in [1.82, 2.24) is 20.1 Å². The topological polar surface area (TPSA) is 88.9 Å². The van der Waals surface area contributed by atoms with Crippen molar-refractivity contribution in [3.05, 3.63) is 81.6 Å². The van der Waals surface area contributed by atoms with Gasteiger partial charge in [0.2, 0.25) is 5.91 Å². The van der Waals surface area contributed by atoms with Crippen LogP contribution in [0.3, 0.4) is 0 Å². The van der Waals surface area contributed by atoms with E-state index in [0.717, 1.165) is 0 Å². The third-order valence-electron chi connectivity index (χ3n) is 4.10. The molecule has 0 atom stereocenters. The second-order valence-electron chi connectivity index (χ2n) is 6.48. The first kappa shape index (κ1) is 24.1. The number of nitrogens with one attached hydrogen (secondary N) is 2. The number of aromatic nitrogens is 3. The lowest BCUT2D eigenvalue weighted by Gasteiger charge is -2.09. The minimum absolute atomic E-state index is 0.0938. The quantitative estimate of drug-likeness (QED) is 0.309. The van der Waals surface area contributed by atoms with Crippen molar-refractivity contribution in [3.8, 4) is 0 Å². The van der Waals surface area contributed by atoms with Crippen molar-refractivity contribution in [2.75, 3.05) is 11.1 Å². The number of thioether (sulfide) groups is 1.